The first-order valence-corrected chi connectivity index (χ1v) is 6.99. The van der Waals surface area contributed by atoms with E-state index in [-0.39, 0.29) is 5.78 Å². The van der Waals surface area contributed by atoms with Crippen molar-refractivity contribution in [2.75, 3.05) is 6.26 Å². The smallest absolute Gasteiger partial charge is 0.149 e. The molecular weight excluding hydrogens is 265 g/mol. The third kappa shape index (κ3) is 3.17. The minimum Gasteiger partial charge on any atom is -0.388 e. The SMILES string of the molecule is CS[C@H]1O[C@H]([C@H](NP)C(C)=O)[C@H](O)[C@H](O)[C@H]1O. The van der Waals surface area contributed by atoms with Crippen LogP contribution >= 0.6 is 21.2 Å². The lowest BCUT2D eigenvalue weighted by Gasteiger charge is -2.42. The van der Waals surface area contributed by atoms with Crippen molar-refractivity contribution >= 4 is 26.9 Å². The maximum atomic E-state index is 11.4. The van der Waals surface area contributed by atoms with E-state index >= 15 is 0 Å². The molecule has 0 radical (unpaired) electrons. The molecule has 1 heterocycles. The van der Waals surface area contributed by atoms with E-state index in [1.807, 2.05) is 0 Å². The second-order valence-corrected chi connectivity index (χ2v) is 5.20. The highest BCUT2D eigenvalue weighted by Gasteiger charge is 2.47. The van der Waals surface area contributed by atoms with Crippen molar-refractivity contribution in [2.24, 2.45) is 0 Å². The number of ketones is 1. The summed E-state index contributed by atoms with van der Waals surface area (Å²) in [7, 11) is 2.18. The van der Waals surface area contributed by atoms with Gasteiger partial charge >= 0.3 is 0 Å². The van der Waals surface area contributed by atoms with Crippen molar-refractivity contribution < 1.29 is 24.9 Å². The van der Waals surface area contributed by atoms with Gasteiger partial charge in [-0.2, -0.15) is 0 Å². The fraction of sp³-hybridized carbons (Fsp3) is 0.889. The van der Waals surface area contributed by atoms with Gasteiger partial charge in [0.1, 0.15) is 35.6 Å². The molecule has 100 valence electrons. The summed E-state index contributed by atoms with van der Waals surface area (Å²) in [5.41, 5.74) is -0.668. The zero-order valence-electron chi connectivity index (χ0n) is 9.61. The van der Waals surface area contributed by atoms with Crippen LogP contribution < -0.4 is 5.09 Å². The standard InChI is InChI=1S/C9H18NO5PS/c1-3(11)4(10-16)8-6(13)5(12)7(14)9(15-8)17-2/h4-10,12-14H,16H2,1-2H3/t4-,5+,6-,7-,8-,9-/m1/s1. The van der Waals surface area contributed by atoms with E-state index in [1.165, 1.54) is 18.7 Å². The van der Waals surface area contributed by atoms with Gasteiger partial charge in [0.2, 0.25) is 0 Å². The monoisotopic (exact) mass is 283 g/mol. The molecule has 0 saturated carbocycles. The number of aliphatic hydroxyl groups excluding tert-OH is 3. The molecule has 1 aliphatic heterocycles. The quantitative estimate of drug-likeness (QED) is 0.466. The van der Waals surface area contributed by atoms with Crippen molar-refractivity contribution in [1.29, 1.82) is 0 Å². The fourth-order valence-electron chi connectivity index (χ4n) is 1.79. The zero-order chi connectivity index (χ0) is 13.2. The molecule has 17 heavy (non-hydrogen) atoms. The summed E-state index contributed by atoms with van der Waals surface area (Å²) < 4.78 is 5.45. The molecule has 6 nitrogen and oxygen atoms in total. The van der Waals surface area contributed by atoms with Crippen molar-refractivity contribution in [3.63, 3.8) is 0 Å². The number of aliphatic hydroxyl groups is 3. The zero-order valence-corrected chi connectivity index (χ0v) is 11.6. The number of hydrogen-bond donors (Lipinski definition) is 4. The number of carbonyl (C=O) groups is 1. The van der Waals surface area contributed by atoms with Crippen molar-refractivity contribution in [3.05, 3.63) is 0 Å². The number of thioether (sulfide) groups is 1. The Bertz CT molecular complexity index is 280. The van der Waals surface area contributed by atoms with E-state index in [9.17, 15) is 20.1 Å². The highest BCUT2D eigenvalue weighted by atomic mass is 32.2. The summed E-state index contributed by atoms with van der Waals surface area (Å²) in [6.45, 7) is 1.36. The van der Waals surface area contributed by atoms with Crippen LogP contribution in [-0.2, 0) is 9.53 Å². The summed E-state index contributed by atoms with van der Waals surface area (Å²) in [6, 6.07) is -0.744. The lowest BCUT2D eigenvalue weighted by molar-refractivity contribution is -0.203. The Morgan fingerprint density at radius 3 is 2.35 bits per heavy atom. The molecule has 0 aromatic carbocycles. The van der Waals surface area contributed by atoms with Gasteiger partial charge < -0.3 is 20.1 Å². The lowest BCUT2D eigenvalue weighted by atomic mass is 9.93. The molecule has 4 N–H and O–H groups in total. The number of carbonyl (C=O) groups excluding carboxylic acids is 1. The Hall–Kier alpha value is 0.250. The average Bonchev–Trinajstić information content (AvgIpc) is 2.29. The van der Waals surface area contributed by atoms with Crippen molar-refractivity contribution in [1.82, 2.24) is 5.09 Å². The first kappa shape index (κ1) is 15.3. The van der Waals surface area contributed by atoms with E-state index in [0.717, 1.165) is 0 Å². The molecule has 0 spiro atoms. The largest absolute Gasteiger partial charge is 0.388 e. The third-order valence-corrected chi connectivity index (χ3v) is 4.00. The van der Waals surface area contributed by atoms with E-state index in [2.05, 4.69) is 14.5 Å². The molecule has 8 heteroatoms. The van der Waals surface area contributed by atoms with Crippen LogP contribution in [0.3, 0.4) is 0 Å². The van der Waals surface area contributed by atoms with Gasteiger partial charge in [-0.1, -0.05) is 9.39 Å². The molecule has 0 amide bonds. The van der Waals surface area contributed by atoms with Crippen LogP contribution in [0, 0.1) is 0 Å². The molecule has 1 saturated heterocycles. The maximum Gasteiger partial charge on any atom is 0.149 e. The summed E-state index contributed by atoms with van der Waals surface area (Å²) in [6.07, 6.45) is -2.98. The van der Waals surface area contributed by atoms with Crippen LogP contribution in [0.25, 0.3) is 0 Å². The second kappa shape index (κ2) is 6.43. The number of nitrogens with one attached hydrogen (secondary N) is 1. The molecular formula is C9H18NO5PS. The number of ether oxygens (including phenoxy) is 1. The van der Waals surface area contributed by atoms with Crippen LogP contribution in [0.5, 0.6) is 0 Å². The topological polar surface area (TPSA) is 99.0 Å². The van der Waals surface area contributed by atoms with Gasteiger partial charge in [-0.25, -0.2) is 0 Å². The van der Waals surface area contributed by atoms with E-state index in [1.54, 1.807) is 6.26 Å². The van der Waals surface area contributed by atoms with Crippen LogP contribution in [-0.4, -0.2) is 63.3 Å². The fourth-order valence-corrected chi connectivity index (χ4v) is 2.89. The summed E-state index contributed by atoms with van der Waals surface area (Å²) >= 11 is 1.21. The Kier molecular flexibility index (Phi) is 5.79. The number of hydrogen-bond acceptors (Lipinski definition) is 7. The van der Waals surface area contributed by atoms with Crippen LogP contribution in [0.15, 0.2) is 0 Å². The molecule has 7 atom stereocenters. The molecule has 1 rings (SSSR count). The molecule has 1 fully saturated rings. The van der Waals surface area contributed by atoms with Crippen LogP contribution in [0.2, 0.25) is 0 Å². The minimum absolute atomic E-state index is 0.215. The molecule has 0 aromatic rings. The highest BCUT2D eigenvalue weighted by molar-refractivity contribution is 7.99. The van der Waals surface area contributed by atoms with Gasteiger partial charge in [-0.15, -0.1) is 11.8 Å². The average molecular weight is 283 g/mol. The molecule has 0 bridgehead atoms. The predicted molar refractivity (Wildman–Crippen MR) is 67.5 cm³/mol. The van der Waals surface area contributed by atoms with E-state index in [4.69, 9.17) is 4.74 Å². The summed E-state index contributed by atoms with van der Waals surface area (Å²) in [5.74, 6) is -0.215. The lowest BCUT2D eigenvalue weighted by Crippen LogP contribution is -2.62. The van der Waals surface area contributed by atoms with E-state index < -0.39 is 35.9 Å². The molecule has 1 unspecified atom stereocenters. The first-order valence-electron chi connectivity index (χ1n) is 5.13. The minimum atomic E-state index is -1.33. The predicted octanol–water partition coefficient (Wildman–Crippen LogP) is -1.51. The maximum absolute atomic E-state index is 11.4. The number of rotatable bonds is 4. The Morgan fingerprint density at radius 2 is 1.94 bits per heavy atom. The third-order valence-electron chi connectivity index (χ3n) is 2.78. The molecule has 0 aromatic heterocycles. The van der Waals surface area contributed by atoms with Crippen LogP contribution in [0.1, 0.15) is 6.92 Å². The van der Waals surface area contributed by atoms with Gasteiger partial charge in [0.15, 0.2) is 0 Å². The van der Waals surface area contributed by atoms with Gasteiger partial charge in [-0.05, 0) is 13.2 Å². The Morgan fingerprint density at radius 1 is 1.35 bits per heavy atom. The molecule has 1 aliphatic rings. The summed E-state index contributed by atoms with van der Waals surface area (Å²) in [4.78, 5) is 11.4. The first-order chi connectivity index (χ1) is 7.93. The van der Waals surface area contributed by atoms with Gasteiger partial charge in [0.05, 0.1) is 6.04 Å². The van der Waals surface area contributed by atoms with Crippen molar-refractivity contribution in [2.45, 2.75) is 42.8 Å². The normalized spacial score (nSPS) is 40.0. The summed E-state index contributed by atoms with van der Waals surface area (Å²) in [5, 5.41) is 31.8. The van der Waals surface area contributed by atoms with Gasteiger partial charge in [-0.3, -0.25) is 9.88 Å². The molecule has 0 aliphatic carbocycles. The van der Waals surface area contributed by atoms with Crippen LogP contribution in [0.4, 0.5) is 0 Å². The number of Topliss-reactive ketones (excluding diaryl/α,β-unsaturated/α-hetero) is 1. The van der Waals surface area contributed by atoms with Gasteiger partial charge in [0, 0.05) is 0 Å². The highest BCUT2D eigenvalue weighted by Crippen LogP contribution is 2.28. The van der Waals surface area contributed by atoms with Gasteiger partial charge in [0.25, 0.3) is 0 Å². The Labute approximate surface area is 106 Å². The van der Waals surface area contributed by atoms with E-state index in [0.29, 0.717) is 0 Å². The van der Waals surface area contributed by atoms with Crippen molar-refractivity contribution in [3.8, 4) is 0 Å². The Balaban J connectivity index is 2.87. The second-order valence-electron chi connectivity index (χ2n) is 3.93.